The Balaban J connectivity index is 1.74. The number of benzene rings is 1. The SMILES string of the molecule is COc1ccc(NC(=O)N2CCC[C@@H]2c2cc(C)on2)cc1OC. The molecule has 1 aliphatic heterocycles. The second kappa shape index (κ2) is 6.82. The number of anilines is 1. The van der Waals surface area contributed by atoms with E-state index in [1.807, 2.05) is 13.0 Å². The van der Waals surface area contributed by atoms with Gasteiger partial charge in [0.1, 0.15) is 11.5 Å². The van der Waals surface area contributed by atoms with E-state index in [1.54, 1.807) is 37.3 Å². The van der Waals surface area contributed by atoms with E-state index in [1.165, 1.54) is 0 Å². The smallest absolute Gasteiger partial charge is 0.322 e. The van der Waals surface area contributed by atoms with Crippen LogP contribution in [0.3, 0.4) is 0 Å². The number of ether oxygens (including phenoxy) is 2. The van der Waals surface area contributed by atoms with Crippen LogP contribution in [0.2, 0.25) is 0 Å². The quantitative estimate of drug-likeness (QED) is 0.929. The topological polar surface area (TPSA) is 76.8 Å². The van der Waals surface area contributed by atoms with Crippen LogP contribution in [0.4, 0.5) is 10.5 Å². The van der Waals surface area contributed by atoms with E-state index in [9.17, 15) is 4.79 Å². The van der Waals surface area contributed by atoms with Gasteiger partial charge >= 0.3 is 6.03 Å². The Morgan fingerprint density at radius 3 is 2.75 bits per heavy atom. The average molecular weight is 331 g/mol. The molecule has 1 fully saturated rings. The van der Waals surface area contributed by atoms with Gasteiger partial charge in [0.05, 0.1) is 20.3 Å². The van der Waals surface area contributed by atoms with Crippen LogP contribution >= 0.6 is 0 Å². The molecule has 2 amide bonds. The maximum absolute atomic E-state index is 12.6. The molecule has 1 aromatic heterocycles. The highest BCUT2D eigenvalue weighted by Crippen LogP contribution is 2.33. The van der Waals surface area contributed by atoms with Gasteiger partial charge in [0.15, 0.2) is 11.5 Å². The van der Waals surface area contributed by atoms with Crippen LogP contribution in [-0.2, 0) is 0 Å². The highest BCUT2D eigenvalue weighted by molar-refractivity contribution is 5.90. The van der Waals surface area contributed by atoms with Crippen molar-refractivity contribution < 1.29 is 18.8 Å². The van der Waals surface area contributed by atoms with E-state index in [-0.39, 0.29) is 12.1 Å². The molecule has 1 aliphatic rings. The van der Waals surface area contributed by atoms with Crippen molar-refractivity contribution in [3.63, 3.8) is 0 Å². The fraction of sp³-hybridized carbons (Fsp3) is 0.412. The fourth-order valence-electron chi connectivity index (χ4n) is 2.97. The molecule has 1 atom stereocenters. The molecule has 0 radical (unpaired) electrons. The van der Waals surface area contributed by atoms with Gasteiger partial charge < -0.3 is 24.2 Å². The zero-order valence-electron chi connectivity index (χ0n) is 14.0. The van der Waals surface area contributed by atoms with E-state index in [2.05, 4.69) is 10.5 Å². The largest absolute Gasteiger partial charge is 0.493 e. The number of rotatable bonds is 4. The minimum atomic E-state index is -0.162. The lowest BCUT2D eigenvalue weighted by Gasteiger charge is -2.23. The molecule has 24 heavy (non-hydrogen) atoms. The number of methoxy groups -OCH3 is 2. The first kappa shape index (κ1) is 16.2. The van der Waals surface area contributed by atoms with Gasteiger partial charge in [-0.1, -0.05) is 5.16 Å². The molecule has 0 saturated carbocycles. The zero-order chi connectivity index (χ0) is 17.1. The van der Waals surface area contributed by atoms with Crippen molar-refractivity contribution in [2.24, 2.45) is 0 Å². The molecule has 1 aromatic carbocycles. The summed E-state index contributed by atoms with van der Waals surface area (Å²) in [5.74, 6) is 1.94. The fourth-order valence-corrected chi connectivity index (χ4v) is 2.97. The number of amides is 2. The number of urea groups is 1. The first-order valence-corrected chi connectivity index (χ1v) is 7.85. The number of carbonyl (C=O) groups is 1. The number of carbonyl (C=O) groups excluding carboxylic acids is 1. The van der Waals surface area contributed by atoms with Crippen LogP contribution in [0.5, 0.6) is 11.5 Å². The van der Waals surface area contributed by atoms with E-state index >= 15 is 0 Å². The Morgan fingerprint density at radius 1 is 1.29 bits per heavy atom. The summed E-state index contributed by atoms with van der Waals surface area (Å²) in [7, 11) is 3.14. The predicted molar refractivity (Wildman–Crippen MR) is 88.5 cm³/mol. The Morgan fingerprint density at radius 2 is 2.08 bits per heavy atom. The van der Waals surface area contributed by atoms with Gasteiger partial charge in [-0.05, 0) is 31.9 Å². The summed E-state index contributed by atoms with van der Waals surface area (Å²) >= 11 is 0. The van der Waals surface area contributed by atoms with E-state index < -0.39 is 0 Å². The molecule has 0 spiro atoms. The molecule has 1 N–H and O–H groups in total. The number of hydrogen-bond donors (Lipinski definition) is 1. The van der Waals surface area contributed by atoms with Crippen LogP contribution in [-0.4, -0.2) is 36.9 Å². The lowest BCUT2D eigenvalue weighted by molar-refractivity contribution is 0.204. The minimum Gasteiger partial charge on any atom is -0.493 e. The highest BCUT2D eigenvalue weighted by Gasteiger charge is 2.32. The predicted octanol–water partition coefficient (Wildman–Crippen LogP) is 3.37. The first-order valence-electron chi connectivity index (χ1n) is 7.85. The van der Waals surface area contributed by atoms with Gasteiger partial charge in [0.25, 0.3) is 0 Å². The number of aryl methyl sites for hydroxylation is 1. The Hall–Kier alpha value is -2.70. The lowest BCUT2D eigenvalue weighted by Crippen LogP contribution is -2.34. The Labute approximate surface area is 140 Å². The van der Waals surface area contributed by atoms with Crippen LogP contribution in [0.15, 0.2) is 28.8 Å². The molecule has 7 heteroatoms. The molecule has 128 valence electrons. The molecule has 0 bridgehead atoms. The summed E-state index contributed by atoms with van der Waals surface area (Å²) in [6.45, 7) is 2.54. The lowest BCUT2D eigenvalue weighted by atomic mass is 10.1. The Kier molecular flexibility index (Phi) is 4.59. The van der Waals surface area contributed by atoms with Crippen molar-refractivity contribution in [3.05, 3.63) is 35.7 Å². The van der Waals surface area contributed by atoms with Crippen LogP contribution in [0, 0.1) is 6.92 Å². The van der Waals surface area contributed by atoms with Gasteiger partial charge in [0.2, 0.25) is 0 Å². The molecule has 2 aromatic rings. The van der Waals surface area contributed by atoms with E-state index in [0.29, 0.717) is 23.7 Å². The first-order chi connectivity index (χ1) is 11.6. The summed E-state index contributed by atoms with van der Waals surface area (Å²) in [6.07, 6.45) is 1.82. The molecule has 3 rings (SSSR count). The number of nitrogens with zero attached hydrogens (tertiary/aromatic N) is 2. The summed E-state index contributed by atoms with van der Waals surface area (Å²) < 4.78 is 15.6. The summed E-state index contributed by atoms with van der Waals surface area (Å²) in [6, 6.07) is 6.95. The van der Waals surface area contributed by atoms with Crippen molar-refractivity contribution >= 4 is 11.7 Å². The van der Waals surface area contributed by atoms with E-state index in [4.69, 9.17) is 14.0 Å². The second-order valence-corrected chi connectivity index (χ2v) is 5.71. The minimum absolute atomic E-state index is 0.0532. The summed E-state index contributed by atoms with van der Waals surface area (Å²) in [5.41, 5.74) is 1.45. The van der Waals surface area contributed by atoms with Gasteiger partial charge in [-0.15, -0.1) is 0 Å². The van der Waals surface area contributed by atoms with Gasteiger partial charge in [0, 0.05) is 24.4 Å². The van der Waals surface area contributed by atoms with Crippen molar-refractivity contribution in [2.45, 2.75) is 25.8 Å². The summed E-state index contributed by atoms with van der Waals surface area (Å²) in [4.78, 5) is 14.4. The molecule has 0 unspecified atom stereocenters. The maximum atomic E-state index is 12.6. The van der Waals surface area contributed by atoms with Crippen LogP contribution < -0.4 is 14.8 Å². The average Bonchev–Trinajstić information content (AvgIpc) is 3.23. The van der Waals surface area contributed by atoms with Crippen LogP contribution in [0.25, 0.3) is 0 Å². The maximum Gasteiger partial charge on any atom is 0.322 e. The third-order valence-corrected chi connectivity index (χ3v) is 4.14. The normalized spacial score (nSPS) is 17.0. The van der Waals surface area contributed by atoms with Crippen molar-refractivity contribution in [1.29, 1.82) is 0 Å². The van der Waals surface area contributed by atoms with Gasteiger partial charge in [-0.3, -0.25) is 0 Å². The Bertz CT molecular complexity index is 728. The van der Waals surface area contributed by atoms with Gasteiger partial charge in [-0.2, -0.15) is 0 Å². The van der Waals surface area contributed by atoms with Gasteiger partial charge in [-0.25, -0.2) is 4.79 Å². The molecular formula is C17H21N3O4. The second-order valence-electron chi connectivity index (χ2n) is 5.71. The molecular weight excluding hydrogens is 310 g/mol. The van der Waals surface area contributed by atoms with Crippen molar-refractivity contribution in [1.82, 2.24) is 10.1 Å². The van der Waals surface area contributed by atoms with Crippen LogP contribution in [0.1, 0.15) is 30.3 Å². The standard InChI is InChI=1S/C17H21N3O4/c1-11-9-13(19-24-11)14-5-4-8-20(14)17(21)18-12-6-7-15(22-2)16(10-12)23-3/h6-7,9-10,14H,4-5,8H2,1-3H3,(H,18,21)/t14-/m1/s1. The van der Waals surface area contributed by atoms with Crippen molar-refractivity contribution in [3.8, 4) is 11.5 Å². The number of aromatic nitrogens is 1. The molecule has 7 nitrogen and oxygen atoms in total. The monoisotopic (exact) mass is 331 g/mol. The number of likely N-dealkylation sites (tertiary alicyclic amines) is 1. The van der Waals surface area contributed by atoms with Crippen molar-refractivity contribution in [2.75, 3.05) is 26.1 Å². The molecule has 2 heterocycles. The highest BCUT2D eigenvalue weighted by atomic mass is 16.5. The van der Waals surface area contributed by atoms with E-state index in [0.717, 1.165) is 24.3 Å². The number of hydrogen-bond acceptors (Lipinski definition) is 5. The number of nitrogens with one attached hydrogen (secondary N) is 1. The molecule has 0 aliphatic carbocycles. The summed E-state index contributed by atoms with van der Waals surface area (Å²) in [5, 5.41) is 6.96. The third kappa shape index (κ3) is 3.15. The zero-order valence-corrected chi connectivity index (χ0v) is 14.0. The third-order valence-electron chi connectivity index (χ3n) is 4.14. The molecule has 1 saturated heterocycles.